The summed E-state index contributed by atoms with van der Waals surface area (Å²) < 4.78 is 1.30. The zero-order chi connectivity index (χ0) is 15.7. The molecule has 7 nitrogen and oxygen atoms in total. The minimum atomic E-state index is -0.267. The highest BCUT2D eigenvalue weighted by Gasteiger charge is 2.15. The van der Waals surface area contributed by atoms with Gasteiger partial charge in [0, 0.05) is 7.05 Å². The molecule has 0 aliphatic rings. The van der Waals surface area contributed by atoms with Gasteiger partial charge in [-0.25, -0.2) is 4.98 Å². The number of aromatic nitrogens is 4. The molecule has 0 aliphatic heterocycles. The number of carbonyl (C=O) groups is 1. The second kappa shape index (κ2) is 5.64. The molecule has 0 aromatic carbocycles. The van der Waals surface area contributed by atoms with Crippen LogP contribution in [0.1, 0.15) is 5.69 Å². The monoisotopic (exact) mass is 315 g/mol. The number of likely N-dealkylation sites (N-methyl/N-ethyl adjacent to an activating group) is 1. The zero-order valence-corrected chi connectivity index (χ0v) is 12.9. The number of anilines is 1. The van der Waals surface area contributed by atoms with Crippen molar-refractivity contribution in [1.82, 2.24) is 19.7 Å². The van der Waals surface area contributed by atoms with Gasteiger partial charge in [0.05, 0.1) is 17.4 Å². The molecule has 0 atom stereocenters. The molecular weight excluding hydrogens is 302 g/mol. The number of aryl methyl sites for hydroxylation is 1. The molecule has 0 N–H and O–H groups in total. The van der Waals surface area contributed by atoms with Crippen molar-refractivity contribution in [2.45, 2.75) is 13.5 Å². The first-order valence-electron chi connectivity index (χ1n) is 6.56. The van der Waals surface area contributed by atoms with E-state index in [1.807, 2.05) is 6.92 Å². The maximum Gasteiger partial charge on any atom is 0.262 e. The normalized spacial score (nSPS) is 10.8. The lowest BCUT2D eigenvalue weighted by Crippen LogP contribution is -2.34. The van der Waals surface area contributed by atoms with Crippen LogP contribution in [-0.4, -0.2) is 32.7 Å². The van der Waals surface area contributed by atoms with Gasteiger partial charge in [-0.1, -0.05) is 0 Å². The van der Waals surface area contributed by atoms with Gasteiger partial charge >= 0.3 is 0 Å². The van der Waals surface area contributed by atoms with Crippen molar-refractivity contribution in [3.63, 3.8) is 0 Å². The summed E-state index contributed by atoms with van der Waals surface area (Å²) in [5.74, 6) is 0.171. The molecule has 3 aromatic rings. The van der Waals surface area contributed by atoms with Crippen LogP contribution < -0.4 is 10.5 Å². The summed E-state index contributed by atoms with van der Waals surface area (Å²) in [6.07, 6.45) is 1.40. The highest BCUT2D eigenvalue weighted by atomic mass is 32.1. The van der Waals surface area contributed by atoms with Gasteiger partial charge in [-0.3, -0.25) is 19.1 Å². The molecule has 112 valence electrons. The van der Waals surface area contributed by atoms with Crippen molar-refractivity contribution in [3.8, 4) is 0 Å². The first-order chi connectivity index (χ1) is 10.6. The molecule has 0 unspecified atom stereocenters. The Hall–Kier alpha value is -2.61. The topological polar surface area (TPSA) is 81.0 Å². The molecule has 0 spiro atoms. The third-order valence-electron chi connectivity index (χ3n) is 3.26. The number of nitrogens with zero attached hydrogens (tertiary/aromatic N) is 5. The van der Waals surface area contributed by atoms with Crippen molar-refractivity contribution in [2.75, 3.05) is 11.9 Å². The van der Waals surface area contributed by atoms with Crippen LogP contribution in [0.4, 0.5) is 5.82 Å². The number of fused-ring (bicyclic) bond motifs is 1. The maximum atomic E-state index is 12.3. The highest BCUT2D eigenvalue weighted by Crippen LogP contribution is 2.13. The second-order valence-electron chi connectivity index (χ2n) is 4.80. The Bertz CT molecular complexity index is 884. The predicted octanol–water partition coefficient (Wildman–Crippen LogP) is 1.22. The smallest absolute Gasteiger partial charge is 0.262 e. The second-order valence-corrected chi connectivity index (χ2v) is 5.70. The van der Waals surface area contributed by atoms with Crippen molar-refractivity contribution >= 4 is 33.3 Å². The Morgan fingerprint density at radius 3 is 2.86 bits per heavy atom. The van der Waals surface area contributed by atoms with E-state index in [1.54, 1.807) is 30.6 Å². The van der Waals surface area contributed by atoms with Crippen LogP contribution in [0.5, 0.6) is 0 Å². The molecule has 22 heavy (non-hydrogen) atoms. The standard InChI is InChI=1S/C14H13N5O2S/c1-9-3-4-11(17-16-9)18(2)12(20)7-19-8-15-13-10(14(19)21)5-6-22-13/h3-6,8H,7H2,1-2H3. The molecule has 3 rings (SSSR count). The molecule has 8 heteroatoms. The average molecular weight is 315 g/mol. The van der Waals surface area contributed by atoms with Crippen LogP contribution in [0.2, 0.25) is 0 Å². The van der Waals surface area contributed by atoms with Crippen molar-refractivity contribution in [3.05, 3.63) is 46.0 Å². The van der Waals surface area contributed by atoms with Gasteiger partial charge in [0.1, 0.15) is 11.4 Å². The fourth-order valence-electron chi connectivity index (χ4n) is 1.96. The van der Waals surface area contributed by atoms with E-state index in [9.17, 15) is 9.59 Å². The van der Waals surface area contributed by atoms with Crippen molar-refractivity contribution < 1.29 is 4.79 Å². The minimum absolute atomic E-state index is 0.0936. The maximum absolute atomic E-state index is 12.3. The van der Waals surface area contributed by atoms with Gasteiger partial charge in [0.2, 0.25) is 5.91 Å². The lowest BCUT2D eigenvalue weighted by Gasteiger charge is -2.16. The Morgan fingerprint density at radius 2 is 2.14 bits per heavy atom. The summed E-state index contributed by atoms with van der Waals surface area (Å²) >= 11 is 1.40. The highest BCUT2D eigenvalue weighted by molar-refractivity contribution is 7.16. The van der Waals surface area contributed by atoms with Crippen molar-refractivity contribution in [1.29, 1.82) is 0 Å². The summed E-state index contributed by atoms with van der Waals surface area (Å²) in [5.41, 5.74) is 0.552. The lowest BCUT2D eigenvalue weighted by atomic mass is 10.4. The van der Waals surface area contributed by atoms with Crippen LogP contribution in [0.25, 0.3) is 10.2 Å². The van der Waals surface area contributed by atoms with Gasteiger partial charge in [-0.05, 0) is 30.5 Å². The Morgan fingerprint density at radius 1 is 1.32 bits per heavy atom. The van der Waals surface area contributed by atoms with Gasteiger partial charge in [0.25, 0.3) is 5.56 Å². The molecule has 1 amide bonds. The summed E-state index contributed by atoms with van der Waals surface area (Å²) in [7, 11) is 1.60. The Labute approximate surface area is 129 Å². The Kier molecular flexibility index (Phi) is 3.68. The van der Waals surface area contributed by atoms with Gasteiger partial charge < -0.3 is 0 Å². The molecule has 0 saturated carbocycles. The first-order valence-corrected chi connectivity index (χ1v) is 7.44. The summed E-state index contributed by atoms with van der Waals surface area (Å²) in [4.78, 5) is 30.8. The number of thiophene rings is 1. The Balaban J connectivity index is 1.84. The fraction of sp³-hybridized carbons (Fsp3) is 0.214. The van der Waals surface area contributed by atoms with E-state index >= 15 is 0 Å². The number of rotatable bonds is 3. The van der Waals surface area contributed by atoms with Crippen LogP contribution in [0.3, 0.4) is 0 Å². The average Bonchev–Trinajstić information content (AvgIpc) is 2.99. The molecule has 0 saturated heterocycles. The summed E-state index contributed by atoms with van der Waals surface area (Å²) in [6, 6.07) is 5.20. The fourth-order valence-corrected chi connectivity index (χ4v) is 2.68. The van der Waals surface area contributed by atoms with E-state index in [-0.39, 0.29) is 18.0 Å². The third kappa shape index (κ3) is 2.60. The summed E-state index contributed by atoms with van der Waals surface area (Å²) in [5, 5.41) is 10.2. The molecule has 0 radical (unpaired) electrons. The zero-order valence-electron chi connectivity index (χ0n) is 12.1. The van der Waals surface area contributed by atoms with Crippen LogP contribution in [-0.2, 0) is 11.3 Å². The third-order valence-corrected chi connectivity index (χ3v) is 4.08. The molecule has 3 aromatic heterocycles. The van der Waals surface area contributed by atoms with Gasteiger partial charge in [0.15, 0.2) is 5.82 Å². The van der Waals surface area contributed by atoms with E-state index in [4.69, 9.17) is 0 Å². The predicted molar refractivity (Wildman–Crippen MR) is 84.1 cm³/mol. The van der Waals surface area contributed by atoms with Crippen LogP contribution >= 0.6 is 11.3 Å². The molecular formula is C14H13N5O2S. The number of amides is 1. The van der Waals surface area contributed by atoms with E-state index in [2.05, 4.69) is 15.2 Å². The first kappa shape index (κ1) is 14.3. The number of hydrogen-bond acceptors (Lipinski definition) is 6. The summed E-state index contributed by atoms with van der Waals surface area (Å²) in [6.45, 7) is 1.73. The van der Waals surface area contributed by atoms with E-state index in [0.29, 0.717) is 16.0 Å². The van der Waals surface area contributed by atoms with Crippen LogP contribution in [0.15, 0.2) is 34.7 Å². The largest absolute Gasteiger partial charge is 0.297 e. The van der Waals surface area contributed by atoms with Gasteiger partial charge in [-0.15, -0.1) is 16.4 Å². The van der Waals surface area contributed by atoms with Crippen molar-refractivity contribution in [2.24, 2.45) is 0 Å². The molecule has 0 aliphatic carbocycles. The van der Waals surface area contributed by atoms with Crippen LogP contribution in [0, 0.1) is 6.92 Å². The lowest BCUT2D eigenvalue weighted by molar-refractivity contribution is -0.119. The number of carbonyl (C=O) groups excluding carboxylic acids is 1. The minimum Gasteiger partial charge on any atom is -0.297 e. The number of hydrogen-bond donors (Lipinski definition) is 0. The van der Waals surface area contributed by atoms with E-state index in [0.717, 1.165) is 5.69 Å². The molecule has 3 heterocycles. The molecule has 0 bridgehead atoms. The quantitative estimate of drug-likeness (QED) is 0.726. The van der Waals surface area contributed by atoms with Gasteiger partial charge in [-0.2, -0.15) is 5.10 Å². The molecule has 0 fully saturated rings. The van der Waals surface area contributed by atoms with E-state index < -0.39 is 0 Å². The van der Waals surface area contributed by atoms with E-state index in [1.165, 1.54) is 27.1 Å². The SMILES string of the molecule is Cc1ccc(N(C)C(=O)Cn2cnc3sccc3c2=O)nn1.